The van der Waals surface area contributed by atoms with Crippen LogP contribution in [0.1, 0.15) is 20.9 Å². The maximum absolute atomic E-state index is 12.0. The van der Waals surface area contributed by atoms with Crippen molar-refractivity contribution in [2.75, 3.05) is 0 Å². The van der Waals surface area contributed by atoms with E-state index in [0.29, 0.717) is 11.3 Å². The summed E-state index contributed by atoms with van der Waals surface area (Å²) in [6, 6.07) is 8.93. The second-order valence-electron chi connectivity index (χ2n) is 4.71. The average molecular weight is 300 g/mol. The fraction of sp³-hybridized carbons (Fsp3) is 0.133. The van der Waals surface area contributed by atoms with Gasteiger partial charge in [0.25, 0.3) is 5.56 Å². The largest absolute Gasteiger partial charge is 0.477 e. The molecule has 0 amide bonds. The Bertz CT molecular complexity index is 895. The summed E-state index contributed by atoms with van der Waals surface area (Å²) in [4.78, 5) is 27.8. The quantitative estimate of drug-likeness (QED) is 0.806. The van der Waals surface area contributed by atoms with Crippen molar-refractivity contribution in [3.8, 4) is 0 Å². The van der Waals surface area contributed by atoms with Crippen LogP contribution in [-0.2, 0) is 6.54 Å². The predicted molar refractivity (Wildman–Crippen MR) is 81.1 cm³/mol. The molecule has 0 atom stereocenters. The van der Waals surface area contributed by atoms with E-state index in [9.17, 15) is 14.7 Å². The maximum Gasteiger partial charge on any atom is 0.346 e. The number of carbonyl (C=O) groups is 1. The Morgan fingerprint density at radius 3 is 2.86 bits per heavy atom. The van der Waals surface area contributed by atoms with E-state index >= 15 is 0 Å². The number of carboxylic acids is 1. The van der Waals surface area contributed by atoms with E-state index < -0.39 is 5.97 Å². The lowest BCUT2D eigenvalue weighted by atomic mass is 10.1. The molecule has 1 aromatic carbocycles. The summed E-state index contributed by atoms with van der Waals surface area (Å²) in [6.07, 6.45) is 1.45. The maximum atomic E-state index is 12.0. The minimum Gasteiger partial charge on any atom is -0.477 e. The van der Waals surface area contributed by atoms with Crippen LogP contribution in [0.2, 0.25) is 0 Å². The van der Waals surface area contributed by atoms with Gasteiger partial charge in [0, 0.05) is 22.0 Å². The zero-order valence-corrected chi connectivity index (χ0v) is 12.1. The number of thiophene rings is 1. The molecule has 106 valence electrons. The Labute approximate surface area is 124 Å². The topological polar surface area (TPSA) is 72.2 Å². The van der Waals surface area contributed by atoms with Crippen molar-refractivity contribution in [2.24, 2.45) is 0 Å². The zero-order chi connectivity index (χ0) is 15.0. The van der Waals surface area contributed by atoms with Crippen LogP contribution in [0.4, 0.5) is 0 Å². The number of carboxylic acid groups (broad SMARTS) is 1. The van der Waals surface area contributed by atoms with Crippen LogP contribution in [-0.4, -0.2) is 20.6 Å². The number of fused-ring (bicyclic) bond motifs is 1. The summed E-state index contributed by atoms with van der Waals surface area (Å²) in [5, 5.41) is 10.2. The molecule has 0 spiro atoms. The van der Waals surface area contributed by atoms with Crippen molar-refractivity contribution in [3.05, 3.63) is 63.1 Å². The molecule has 0 fully saturated rings. The van der Waals surface area contributed by atoms with Crippen LogP contribution >= 0.6 is 11.3 Å². The number of aromatic nitrogens is 2. The summed E-state index contributed by atoms with van der Waals surface area (Å²) < 4.78 is 2.33. The molecule has 1 N–H and O–H groups in total. The van der Waals surface area contributed by atoms with Crippen LogP contribution in [0.5, 0.6) is 0 Å². The van der Waals surface area contributed by atoms with Crippen molar-refractivity contribution in [1.82, 2.24) is 9.55 Å². The van der Waals surface area contributed by atoms with Crippen molar-refractivity contribution < 1.29 is 9.90 Å². The molecule has 0 aliphatic rings. The first-order chi connectivity index (χ1) is 10.1. The second-order valence-corrected chi connectivity index (χ2v) is 5.76. The molecule has 0 aliphatic heterocycles. The van der Waals surface area contributed by atoms with Crippen LogP contribution in [0, 0.1) is 6.92 Å². The number of benzene rings is 1. The molecule has 0 aliphatic carbocycles. The standard InChI is InChI=1S/C15H12N2O3S/c1-9-6-13(18)17(8-16-9)7-11-10-4-2-3-5-12(10)21-14(11)15(19)20/h2-6,8H,7H2,1H3,(H,19,20). The van der Waals surface area contributed by atoms with Crippen molar-refractivity contribution in [3.63, 3.8) is 0 Å². The fourth-order valence-corrected chi connectivity index (χ4v) is 3.29. The van der Waals surface area contributed by atoms with Gasteiger partial charge in [0.05, 0.1) is 12.9 Å². The number of rotatable bonds is 3. The third-order valence-corrected chi connectivity index (χ3v) is 4.44. The van der Waals surface area contributed by atoms with Gasteiger partial charge in [-0.15, -0.1) is 11.3 Å². The zero-order valence-electron chi connectivity index (χ0n) is 11.2. The number of hydrogen-bond donors (Lipinski definition) is 1. The molecule has 0 unspecified atom stereocenters. The Kier molecular flexibility index (Phi) is 3.31. The van der Waals surface area contributed by atoms with E-state index in [1.165, 1.54) is 28.3 Å². The first kappa shape index (κ1) is 13.5. The van der Waals surface area contributed by atoms with Crippen molar-refractivity contribution in [1.29, 1.82) is 0 Å². The summed E-state index contributed by atoms with van der Waals surface area (Å²) in [7, 11) is 0. The van der Waals surface area contributed by atoms with Gasteiger partial charge in [0.15, 0.2) is 0 Å². The highest BCUT2D eigenvalue weighted by Crippen LogP contribution is 2.31. The molecule has 6 heteroatoms. The minimum absolute atomic E-state index is 0.186. The van der Waals surface area contributed by atoms with E-state index in [1.54, 1.807) is 6.92 Å². The van der Waals surface area contributed by atoms with E-state index in [-0.39, 0.29) is 17.0 Å². The first-order valence-corrected chi connectivity index (χ1v) is 7.14. The van der Waals surface area contributed by atoms with Crippen LogP contribution in [0.25, 0.3) is 10.1 Å². The van der Waals surface area contributed by atoms with Crippen LogP contribution in [0.15, 0.2) is 41.5 Å². The highest BCUT2D eigenvalue weighted by atomic mass is 32.1. The first-order valence-electron chi connectivity index (χ1n) is 6.33. The van der Waals surface area contributed by atoms with Gasteiger partial charge in [-0.1, -0.05) is 18.2 Å². The van der Waals surface area contributed by atoms with Crippen molar-refractivity contribution >= 4 is 27.4 Å². The van der Waals surface area contributed by atoms with Crippen LogP contribution in [0.3, 0.4) is 0 Å². The lowest BCUT2D eigenvalue weighted by Crippen LogP contribution is -2.21. The van der Waals surface area contributed by atoms with Gasteiger partial charge in [-0.25, -0.2) is 9.78 Å². The predicted octanol–water partition coefficient (Wildman–Crippen LogP) is 2.51. The van der Waals surface area contributed by atoms with E-state index in [1.807, 2.05) is 24.3 Å². The van der Waals surface area contributed by atoms with Gasteiger partial charge in [0.2, 0.25) is 0 Å². The van der Waals surface area contributed by atoms with Crippen LogP contribution < -0.4 is 5.56 Å². The number of aromatic carboxylic acids is 1. The third-order valence-electron chi connectivity index (χ3n) is 3.24. The molecular weight excluding hydrogens is 288 g/mol. The Morgan fingerprint density at radius 2 is 2.14 bits per heavy atom. The summed E-state index contributed by atoms with van der Waals surface area (Å²) in [5.74, 6) is -0.973. The highest BCUT2D eigenvalue weighted by molar-refractivity contribution is 7.21. The Morgan fingerprint density at radius 1 is 1.38 bits per heavy atom. The molecule has 3 aromatic rings. The molecule has 3 rings (SSSR count). The molecule has 0 saturated carbocycles. The van der Waals surface area contributed by atoms with Gasteiger partial charge in [0.1, 0.15) is 4.88 Å². The van der Waals surface area contributed by atoms with E-state index in [4.69, 9.17) is 0 Å². The lowest BCUT2D eigenvalue weighted by molar-refractivity contribution is 0.0701. The highest BCUT2D eigenvalue weighted by Gasteiger charge is 2.18. The van der Waals surface area contributed by atoms with Gasteiger partial charge >= 0.3 is 5.97 Å². The third kappa shape index (κ3) is 2.45. The SMILES string of the molecule is Cc1cc(=O)n(Cc2c(C(=O)O)sc3ccccc23)cn1. The average Bonchev–Trinajstić information content (AvgIpc) is 2.81. The number of nitrogens with zero attached hydrogens (tertiary/aromatic N) is 2. The molecular formula is C15H12N2O3S. The fourth-order valence-electron chi connectivity index (χ4n) is 2.23. The van der Waals surface area contributed by atoms with Gasteiger partial charge in [-0.2, -0.15) is 0 Å². The van der Waals surface area contributed by atoms with E-state index in [0.717, 1.165) is 10.1 Å². The molecule has 0 bridgehead atoms. The Balaban J connectivity index is 2.17. The minimum atomic E-state index is -0.973. The summed E-state index contributed by atoms with van der Waals surface area (Å²) in [5.41, 5.74) is 1.11. The summed E-state index contributed by atoms with van der Waals surface area (Å²) in [6.45, 7) is 1.95. The number of hydrogen-bond acceptors (Lipinski definition) is 4. The smallest absolute Gasteiger partial charge is 0.346 e. The second kappa shape index (κ2) is 5.14. The summed E-state index contributed by atoms with van der Waals surface area (Å²) >= 11 is 1.22. The van der Waals surface area contributed by atoms with Gasteiger partial charge in [-0.05, 0) is 18.4 Å². The normalized spacial score (nSPS) is 10.9. The monoisotopic (exact) mass is 300 g/mol. The van der Waals surface area contributed by atoms with E-state index in [2.05, 4.69) is 4.98 Å². The molecule has 5 nitrogen and oxygen atoms in total. The molecule has 2 aromatic heterocycles. The molecule has 21 heavy (non-hydrogen) atoms. The molecule has 0 saturated heterocycles. The number of aryl methyl sites for hydroxylation is 1. The van der Waals surface area contributed by atoms with Crippen molar-refractivity contribution in [2.45, 2.75) is 13.5 Å². The Hall–Kier alpha value is -2.47. The van der Waals surface area contributed by atoms with Gasteiger partial charge in [-0.3, -0.25) is 9.36 Å². The lowest BCUT2D eigenvalue weighted by Gasteiger charge is -2.06. The van der Waals surface area contributed by atoms with Gasteiger partial charge < -0.3 is 5.11 Å². The molecule has 0 radical (unpaired) electrons. The molecule has 2 heterocycles.